The van der Waals surface area contributed by atoms with Crippen molar-refractivity contribution >= 4 is 27.5 Å². The lowest BCUT2D eigenvalue weighted by Gasteiger charge is -2.11. The van der Waals surface area contributed by atoms with Gasteiger partial charge in [-0.05, 0) is 19.3 Å². The molecule has 1 unspecified atom stereocenters. The van der Waals surface area contributed by atoms with Crippen molar-refractivity contribution in [2.45, 2.75) is 26.7 Å². The molecule has 1 aromatic heterocycles. The molecule has 4 heteroatoms. The van der Waals surface area contributed by atoms with Gasteiger partial charge in [-0.2, -0.15) is 5.10 Å². The maximum absolute atomic E-state index is 6.17. The number of hydrogen-bond donors (Lipinski definition) is 0. The highest BCUT2D eigenvalue weighted by molar-refractivity contribution is 9.09. The Balaban J connectivity index is 2.84. The molecule has 1 heterocycles. The van der Waals surface area contributed by atoms with Crippen LogP contribution in [0.15, 0.2) is 0 Å². The first kappa shape index (κ1) is 12.1. The van der Waals surface area contributed by atoms with Crippen LogP contribution < -0.4 is 0 Å². The first-order valence-electron chi connectivity index (χ1n) is 4.84. The van der Waals surface area contributed by atoms with E-state index in [2.05, 4.69) is 28.0 Å². The molecule has 0 saturated carbocycles. The average molecular weight is 280 g/mol. The Labute approximate surface area is 98.8 Å². The van der Waals surface area contributed by atoms with Crippen molar-refractivity contribution in [3.05, 3.63) is 16.4 Å². The van der Waals surface area contributed by atoms with Gasteiger partial charge in [0.05, 0.1) is 16.4 Å². The first-order valence-corrected chi connectivity index (χ1v) is 6.34. The van der Waals surface area contributed by atoms with Gasteiger partial charge in [-0.15, -0.1) is 0 Å². The molecule has 0 fully saturated rings. The van der Waals surface area contributed by atoms with Gasteiger partial charge in [0.2, 0.25) is 0 Å². The Bertz CT molecular complexity index is 305. The van der Waals surface area contributed by atoms with Gasteiger partial charge in [-0.1, -0.05) is 40.9 Å². The molecule has 0 radical (unpaired) electrons. The highest BCUT2D eigenvalue weighted by Gasteiger charge is 2.14. The quantitative estimate of drug-likeness (QED) is 0.773. The smallest absolute Gasteiger partial charge is 0.0847 e. The number of alkyl halides is 1. The van der Waals surface area contributed by atoms with Crippen LogP contribution in [0.1, 0.15) is 24.7 Å². The Morgan fingerprint density at radius 1 is 1.57 bits per heavy atom. The molecule has 0 amide bonds. The van der Waals surface area contributed by atoms with E-state index < -0.39 is 0 Å². The Kier molecular flexibility index (Phi) is 4.45. The summed E-state index contributed by atoms with van der Waals surface area (Å²) in [7, 11) is 1.95. The van der Waals surface area contributed by atoms with E-state index in [0.29, 0.717) is 5.92 Å². The molecule has 0 aliphatic heterocycles. The molecule has 0 aromatic carbocycles. The molecule has 14 heavy (non-hydrogen) atoms. The standard InChI is InChI=1S/C10H16BrClN2/c1-4-8(6-11)5-9-10(12)7(2)13-14(9)3/h8H,4-6H2,1-3H3. The summed E-state index contributed by atoms with van der Waals surface area (Å²) in [5.41, 5.74) is 2.07. The third-order valence-electron chi connectivity index (χ3n) is 2.54. The summed E-state index contributed by atoms with van der Waals surface area (Å²) in [6, 6.07) is 0. The number of aryl methyl sites for hydroxylation is 2. The van der Waals surface area contributed by atoms with Crippen LogP contribution in [0.2, 0.25) is 5.02 Å². The van der Waals surface area contributed by atoms with Crippen LogP contribution in [-0.2, 0) is 13.5 Å². The number of hydrogen-bond acceptors (Lipinski definition) is 1. The Morgan fingerprint density at radius 2 is 2.21 bits per heavy atom. The lowest BCUT2D eigenvalue weighted by molar-refractivity contribution is 0.544. The van der Waals surface area contributed by atoms with E-state index in [1.807, 2.05) is 18.7 Å². The molecule has 0 aliphatic rings. The normalized spacial score (nSPS) is 13.2. The van der Waals surface area contributed by atoms with Gasteiger partial charge in [0, 0.05) is 12.4 Å². The van der Waals surface area contributed by atoms with Crippen molar-refractivity contribution in [2.75, 3.05) is 5.33 Å². The van der Waals surface area contributed by atoms with E-state index in [9.17, 15) is 0 Å². The van der Waals surface area contributed by atoms with Crippen molar-refractivity contribution < 1.29 is 0 Å². The number of rotatable bonds is 4. The fraction of sp³-hybridized carbons (Fsp3) is 0.700. The summed E-state index contributed by atoms with van der Waals surface area (Å²) in [5, 5.41) is 6.15. The zero-order valence-electron chi connectivity index (χ0n) is 8.85. The van der Waals surface area contributed by atoms with Crippen molar-refractivity contribution in [3.63, 3.8) is 0 Å². The summed E-state index contributed by atoms with van der Waals surface area (Å²) in [6.07, 6.45) is 2.16. The molecule has 1 rings (SSSR count). The maximum atomic E-state index is 6.17. The zero-order chi connectivity index (χ0) is 10.7. The highest BCUT2D eigenvalue weighted by atomic mass is 79.9. The first-order chi connectivity index (χ1) is 6.60. The van der Waals surface area contributed by atoms with E-state index in [4.69, 9.17) is 11.6 Å². The molecule has 1 atom stereocenters. The van der Waals surface area contributed by atoms with Crippen LogP contribution in [0.4, 0.5) is 0 Å². The maximum Gasteiger partial charge on any atom is 0.0847 e. The molecule has 0 saturated heterocycles. The number of nitrogens with zero attached hydrogens (tertiary/aromatic N) is 2. The van der Waals surface area contributed by atoms with Crippen molar-refractivity contribution in [2.24, 2.45) is 13.0 Å². The van der Waals surface area contributed by atoms with Gasteiger partial charge in [0.1, 0.15) is 0 Å². The Morgan fingerprint density at radius 3 is 2.57 bits per heavy atom. The molecule has 2 nitrogen and oxygen atoms in total. The summed E-state index contributed by atoms with van der Waals surface area (Å²) >= 11 is 9.69. The molecular weight excluding hydrogens is 263 g/mol. The summed E-state index contributed by atoms with van der Waals surface area (Å²) in [6.45, 7) is 4.14. The minimum atomic E-state index is 0.641. The summed E-state index contributed by atoms with van der Waals surface area (Å²) in [4.78, 5) is 0. The minimum absolute atomic E-state index is 0.641. The van der Waals surface area contributed by atoms with Gasteiger partial charge in [-0.25, -0.2) is 0 Å². The van der Waals surface area contributed by atoms with Crippen LogP contribution in [0.5, 0.6) is 0 Å². The number of aromatic nitrogens is 2. The summed E-state index contributed by atoms with van der Waals surface area (Å²) in [5.74, 6) is 0.641. The lowest BCUT2D eigenvalue weighted by atomic mass is 10.0. The molecule has 0 N–H and O–H groups in total. The minimum Gasteiger partial charge on any atom is -0.271 e. The molecular formula is C10H16BrClN2. The third kappa shape index (κ3) is 2.51. The lowest BCUT2D eigenvalue weighted by Crippen LogP contribution is -2.09. The van der Waals surface area contributed by atoms with Gasteiger partial charge < -0.3 is 0 Å². The van der Waals surface area contributed by atoms with Gasteiger partial charge in [0.25, 0.3) is 0 Å². The van der Waals surface area contributed by atoms with Gasteiger partial charge >= 0.3 is 0 Å². The van der Waals surface area contributed by atoms with Gasteiger partial charge in [-0.3, -0.25) is 4.68 Å². The molecule has 0 spiro atoms. The molecule has 0 bridgehead atoms. The van der Waals surface area contributed by atoms with E-state index in [1.165, 1.54) is 0 Å². The predicted octanol–water partition coefficient (Wildman–Crippen LogP) is 3.35. The molecule has 0 aliphatic carbocycles. The van der Waals surface area contributed by atoms with Crippen molar-refractivity contribution in [1.82, 2.24) is 9.78 Å². The second-order valence-corrected chi connectivity index (χ2v) is 4.63. The fourth-order valence-electron chi connectivity index (χ4n) is 1.48. The van der Waals surface area contributed by atoms with Crippen LogP contribution >= 0.6 is 27.5 Å². The van der Waals surface area contributed by atoms with E-state index in [1.54, 1.807) is 0 Å². The van der Waals surface area contributed by atoms with Crippen LogP contribution in [-0.4, -0.2) is 15.1 Å². The predicted molar refractivity (Wildman–Crippen MR) is 64.2 cm³/mol. The zero-order valence-corrected chi connectivity index (χ0v) is 11.2. The van der Waals surface area contributed by atoms with E-state index in [0.717, 1.165) is 34.6 Å². The van der Waals surface area contributed by atoms with E-state index in [-0.39, 0.29) is 0 Å². The fourth-order valence-corrected chi connectivity index (χ4v) is 2.41. The summed E-state index contributed by atoms with van der Waals surface area (Å²) < 4.78 is 1.89. The van der Waals surface area contributed by atoms with Crippen LogP contribution in [0.3, 0.4) is 0 Å². The average Bonchev–Trinajstić information content (AvgIpc) is 2.40. The monoisotopic (exact) mass is 278 g/mol. The highest BCUT2D eigenvalue weighted by Crippen LogP contribution is 2.23. The Hall–Kier alpha value is -0.0200. The topological polar surface area (TPSA) is 17.8 Å². The largest absolute Gasteiger partial charge is 0.271 e. The van der Waals surface area contributed by atoms with Crippen LogP contribution in [0.25, 0.3) is 0 Å². The van der Waals surface area contributed by atoms with Gasteiger partial charge in [0.15, 0.2) is 0 Å². The number of halogens is 2. The molecule has 1 aromatic rings. The van der Waals surface area contributed by atoms with Crippen molar-refractivity contribution in [1.29, 1.82) is 0 Å². The third-order valence-corrected chi connectivity index (χ3v) is 3.95. The van der Waals surface area contributed by atoms with Crippen molar-refractivity contribution in [3.8, 4) is 0 Å². The van der Waals surface area contributed by atoms with Crippen LogP contribution in [0, 0.1) is 12.8 Å². The van der Waals surface area contributed by atoms with E-state index >= 15 is 0 Å². The second-order valence-electron chi connectivity index (χ2n) is 3.60. The second kappa shape index (κ2) is 5.17. The SMILES string of the molecule is CCC(CBr)Cc1c(Cl)c(C)nn1C. The molecule has 80 valence electrons.